The number of rotatable bonds is 64. The number of ether oxygens (including phenoxy) is 19. The van der Waals surface area contributed by atoms with Crippen LogP contribution in [-0.4, -0.2) is 281 Å². The fraction of sp³-hybridized carbons (Fsp3) is 0.778. The maximum atomic E-state index is 12.1. The van der Waals surface area contributed by atoms with Crippen LogP contribution in [0.3, 0.4) is 0 Å². The van der Waals surface area contributed by atoms with Crippen molar-refractivity contribution in [1.82, 2.24) is 0 Å². The highest BCUT2D eigenvalue weighted by molar-refractivity contribution is 7.87. The molecule has 0 amide bonds. The van der Waals surface area contributed by atoms with Crippen molar-refractivity contribution in [3.05, 3.63) is 59.7 Å². The van der Waals surface area contributed by atoms with Crippen LogP contribution in [-0.2, 0) is 119 Å². The van der Waals surface area contributed by atoms with Gasteiger partial charge in [-0.1, -0.05) is 35.4 Å². The van der Waals surface area contributed by atoms with E-state index in [2.05, 4.69) is 0 Å². The molecule has 0 fully saturated rings. The van der Waals surface area contributed by atoms with Gasteiger partial charge in [-0.2, -0.15) is 16.8 Å². The Bertz CT molecular complexity index is 1730. The molecule has 0 heterocycles. The summed E-state index contributed by atoms with van der Waals surface area (Å²) in [5.74, 6) is 0. The third-order valence-electron chi connectivity index (χ3n) is 10.2. The Labute approximate surface area is 481 Å². The van der Waals surface area contributed by atoms with E-state index in [4.69, 9.17) is 98.4 Å². The van der Waals surface area contributed by atoms with Gasteiger partial charge in [0.25, 0.3) is 20.2 Å². The van der Waals surface area contributed by atoms with E-state index < -0.39 is 20.2 Å². The molecule has 27 heteroatoms. The van der Waals surface area contributed by atoms with Gasteiger partial charge in [0, 0.05) is 0 Å². The average molecular weight is 1210 g/mol. The Kier molecular flexibility index (Phi) is 51.0. The second-order valence-electron chi connectivity index (χ2n) is 16.8. The van der Waals surface area contributed by atoms with E-state index in [0.29, 0.717) is 238 Å². The minimum absolute atomic E-state index is 0.0702. The summed E-state index contributed by atoms with van der Waals surface area (Å²) in [7, 11) is -7.58. The topological polar surface area (TPSA) is 262 Å². The van der Waals surface area contributed by atoms with Crippen molar-refractivity contribution < 1.29 is 115 Å². The molecule has 0 bridgehead atoms. The van der Waals surface area contributed by atoms with Crippen LogP contribution in [0.1, 0.15) is 11.1 Å². The van der Waals surface area contributed by atoms with Crippen LogP contribution in [0.25, 0.3) is 0 Å². The maximum Gasteiger partial charge on any atom is 0.297 e. The largest absolute Gasteiger partial charge is 0.377 e. The van der Waals surface area contributed by atoms with Gasteiger partial charge in [0.05, 0.1) is 274 Å². The fourth-order valence-electron chi connectivity index (χ4n) is 6.01. The van der Waals surface area contributed by atoms with Crippen LogP contribution in [0.15, 0.2) is 58.3 Å². The van der Waals surface area contributed by atoms with Crippen LogP contribution in [0.5, 0.6) is 0 Å². The molecule has 2 aromatic carbocycles. The number of aryl methyl sites for hydroxylation is 2. The zero-order chi connectivity index (χ0) is 58.1. The molecular formula is C54H94O25S2. The first kappa shape index (κ1) is 74.6. The molecule has 0 aliphatic carbocycles. The Balaban J connectivity index is 1.11. The molecule has 0 atom stereocenters. The molecule has 0 spiro atoms. The summed E-state index contributed by atoms with van der Waals surface area (Å²) in [6.45, 7) is 19.9. The van der Waals surface area contributed by atoms with Crippen molar-refractivity contribution in [1.29, 1.82) is 0 Å². The van der Waals surface area contributed by atoms with Gasteiger partial charge >= 0.3 is 0 Å². The van der Waals surface area contributed by atoms with Gasteiger partial charge < -0.3 is 90.0 Å². The van der Waals surface area contributed by atoms with Gasteiger partial charge in [-0.05, 0) is 38.1 Å². The quantitative estimate of drug-likeness (QED) is 0.0681. The van der Waals surface area contributed by atoms with E-state index >= 15 is 0 Å². The molecule has 0 saturated carbocycles. The second-order valence-corrected chi connectivity index (χ2v) is 20.0. The van der Waals surface area contributed by atoms with Crippen LogP contribution in [0.2, 0.25) is 0 Å². The normalized spacial score (nSPS) is 12.1. The molecule has 0 aromatic heterocycles. The zero-order valence-electron chi connectivity index (χ0n) is 47.9. The van der Waals surface area contributed by atoms with Gasteiger partial charge in [-0.15, -0.1) is 0 Å². The highest BCUT2D eigenvalue weighted by Crippen LogP contribution is 2.14. The molecule has 0 aliphatic rings. The van der Waals surface area contributed by atoms with Crippen molar-refractivity contribution in [2.24, 2.45) is 0 Å². The molecule has 25 nitrogen and oxygen atoms in total. The third kappa shape index (κ3) is 48.4. The summed E-state index contributed by atoms with van der Waals surface area (Å²) < 4.78 is 163. The predicted octanol–water partition coefficient (Wildman–Crippen LogP) is 2.73. The van der Waals surface area contributed by atoms with E-state index in [9.17, 15) is 16.8 Å². The Morgan fingerprint density at radius 1 is 0.198 bits per heavy atom. The van der Waals surface area contributed by atoms with Gasteiger partial charge in [0.1, 0.15) is 0 Å². The van der Waals surface area contributed by atoms with Crippen LogP contribution < -0.4 is 0 Å². The first-order valence-electron chi connectivity index (χ1n) is 27.6. The maximum absolute atomic E-state index is 12.1. The summed E-state index contributed by atoms with van der Waals surface area (Å²) in [6, 6.07) is 12.9. The lowest BCUT2D eigenvalue weighted by Gasteiger charge is -2.09. The van der Waals surface area contributed by atoms with Gasteiger partial charge in [-0.3, -0.25) is 8.37 Å². The molecule has 0 radical (unpaired) electrons. The first-order chi connectivity index (χ1) is 39.7. The molecule has 0 N–H and O–H groups in total. The van der Waals surface area contributed by atoms with E-state index in [1.165, 1.54) is 24.3 Å². The molecule has 472 valence electrons. The molecule has 0 unspecified atom stereocenters. The van der Waals surface area contributed by atoms with Crippen molar-refractivity contribution >= 4 is 20.2 Å². The van der Waals surface area contributed by atoms with E-state index in [1.807, 2.05) is 13.8 Å². The molecule has 0 saturated heterocycles. The van der Waals surface area contributed by atoms with Crippen LogP contribution >= 0.6 is 0 Å². The molecule has 0 aliphatic heterocycles. The summed E-state index contributed by atoms with van der Waals surface area (Å²) in [5.41, 5.74) is 1.94. The molecular weight excluding hydrogens is 1110 g/mol. The van der Waals surface area contributed by atoms with Crippen LogP contribution in [0, 0.1) is 13.8 Å². The van der Waals surface area contributed by atoms with Gasteiger partial charge in [-0.25, -0.2) is 0 Å². The Morgan fingerprint density at radius 3 is 0.432 bits per heavy atom. The summed E-state index contributed by atoms with van der Waals surface area (Å²) in [5, 5.41) is 0. The second kappa shape index (κ2) is 55.4. The highest BCUT2D eigenvalue weighted by atomic mass is 32.2. The van der Waals surface area contributed by atoms with Crippen molar-refractivity contribution in [3.63, 3.8) is 0 Å². The van der Waals surface area contributed by atoms with E-state index in [-0.39, 0.29) is 36.2 Å². The Morgan fingerprint density at radius 2 is 0.309 bits per heavy atom. The lowest BCUT2D eigenvalue weighted by atomic mass is 10.2. The fourth-order valence-corrected chi connectivity index (χ4v) is 7.80. The number of hydrogen-bond acceptors (Lipinski definition) is 25. The number of benzene rings is 2. The highest BCUT2D eigenvalue weighted by Gasteiger charge is 2.15. The minimum atomic E-state index is -3.79. The summed E-state index contributed by atoms with van der Waals surface area (Å²) in [4.78, 5) is 0.240. The zero-order valence-corrected chi connectivity index (χ0v) is 49.6. The molecule has 2 aromatic rings. The molecule has 81 heavy (non-hydrogen) atoms. The SMILES string of the molecule is Cc1ccc(S(=O)(=O)OCCOCCOCCOCCOCCOCCOCCOCCOCCOCCOCCOCCOCCOCCOCCOCCOCCOCCOCCOCCOS(=O)(=O)c2ccc(C)cc2)cc1. The molecule has 2 rings (SSSR count). The smallest absolute Gasteiger partial charge is 0.297 e. The minimum Gasteiger partial charge on any atom is -0.377 e. The van der Waals surface area contributed by atoms with Crippen molar-refractivity contribution in [2.45, 2.75) is 23.6 Å². The summed E-state index contributed by atoms with van der Waals surface area (Å²) in [6.07, 6.45) is 0. The average Bonchev–Trinajstić information content (AvgIpc) is 3.46. The van der Waals surface area contributed by atoms with Crippen molar-refractivity contribution in [3.8, 4) is 0 Å². The first-order valence-corrected chi connectivity index (χ1v) is 30.4. The lowest BCUT2D eigenvalue weighted by molar-refractivity contribution is -0.0313. The van der Waals surface area contributed by atoms with Crippen molar-refractivity contribution in [2.75, 3.05) is 264 Å². The van der Waals surface area contributed by atoms with Crippen LogP contribution in [0.4, 0.5) is 0 Å². The van der Waals surface area contributed by atoms with Gasteiger partial charge in [0.15, 0.2) is 0 Å². The standard InChI is InChI=1S/C54H94O25S2/c1-51-3-7-53(8-4-51)80(55,56)78-49-47-76-45-43-74-41-39-72-37-35-70-33-31-68-29-27-66-25-23-64-21-19-62-17-15-60-13-11-59-12-14-61-16-18-63-20-22-65-24-26-67-28-30-69-32-34-71-36-38-73-40-42-75-44-46-77-48-50-79-81(57,58)54-9-5-52(2)6-10-54/h3-10H,11-50H2,1-2H3. The summed E-state index contributed by atoms with van der Waals surface area (Å²) >= 11 is 0. The van der Waals surface area contributed by atoms with E-state index in [0.717, 1.165) is 11.1 Å². The predicted molar refractivity (Wildman–Crippen MR) is 294 cm³/mol. The van der Waals surface area contributed by atoms with Gasteiger partial charge in [0.2, 0.25) is 0 Å². The van der Waals surface area contributed by atoms with E-state index in [1.54, 1.807) is 24.3 Å². The third-order valence-corrected chi connectivity index (χ3v) is 12.9. The number of hydrogen-bond donors (Lipinski definition) is 0. The lowest BCUT2D eigenvalue weighted by Crippen LogP contribution is -2.16. The Hall–Kier alpha value is -2.50. The monoisotopic (exact) mass is 1210 g/mol.